The fourth-order valence-corrected chi connectivity index (χ4v) is 0.846. The van der Waals surface area contributed by atoms with Crippen LogP contribution in [0.15, 0.2) is 24.3 Å². The molecular weight excluding hydrogens is 214 g/mol. The highest BCUT2D eigenvalue weighted by atomic mass is 35.5. The smallest absolute Gasteiger partial charge is 0.123 e. The van der Waals surface area contributed by atoms with E-state index in [1.165, 1.54) is 12.1 Å². The molecule has 0 saturated heterocycles. The molecule has 0 aliphatic carbocycles. The van der Waals surface area contributed by atoms with Gasteiger partial charge in [-0.25, -0.2) is 4.39 Å². The van der Waals surface area contributed by atoms with Gasteiger partial charge in [0.05, 0.1) is 0 Å². The first-order chi connectivity index (χ1) is 5.24. The summed E-state index contributed by atoms with van der Waals surface area (Å²) < 4.78 is 12.4. The Labute approximate surface area is 89.3 Å². The summed E-state index contributed by atoms with van der Waals surface area (Å²) in [6, 6.07) is 5.87. The molecule has 0 bridgehead atoms. The molecule has 4 N–H and O–H groups in total. The van der Waals surface area contributed by atoms with Crippen molar-refractivity contribution in [3.05, 3.63) is 35.6 Å². The number of benzene rings is 1. The van der Waals surface area contributed by atoms with E-state index < -0.39 is 0 Å². The Balaban J connectivity index is 0. The maximum absolute atomic E-state index is 12.4. The first-order valence-corrected chi connectivity index (χ1v) is 3.45. The molecule has 0 spiro atoms. The monoisotopic (exact) mass is 226 g/mol. The average Bonchev–Trinajstić information content (AvgIpc) is 2.05. The molecule has 1 atom stereocenters. The maximum atomic E-state index is 12.4. The van der Waals surface area contributed by atoms with Crippen molar-refractivity contribution in [2.75, 3.05) is 6.54 Å². The third kappa shape index (κ3) is 4.43. The summed E-state index contributed by atoms with van der Waals surface area (Å²) in [7, 11) is 0. The van der Waals surface area contributed by atoms with Gasteiger partial charge in [-0.2, -0.15) is 0 Å². The fraction of sp³-hybridized carbons (Fsp3) is 0.250. The van der Waals surface area contributed by atoms with Gasteiger partial charge in [0, 0.05) is 12.6 Å². The van der Waals surface area contributed by atoms with Gasteiger partial charge >= 0.3 is 0 Å². The van der Waals surface area contributed by atoms with Gasteiger partial charge in [-0.05, 0) is 17.7 Å². The molecule has 0 unspecified atom stereocenters. The Kier molecular flexibility index (Phi) is 8.26. The number of halogens is 3. The summed E-state index contributed by atoms with van der Waals surface area (Å²) in [6.07, 6.45) is 0. The van der Waals surface area contributed by atoms with Crippen molar-refractivity contribution >= 4 is 24.8 Å². The third-order valence-corrected chi connectivity index (χ3v) is 1.55. The molecule has 0 heterocycles. The molecule has 13 heavy (non-hydrogen) atoms. The number of hydrogen-bond acceptors (Lipinski definition) is 2. The quantitative estimate of drug-likeness (QED) is 0.806. The van der Waals surface area contributed by atoms with E-state index in [9.17, 15) is 4.39 Å². The van der Waals surface area contributed by atoms with Crippen molar-refractivity contribution in [3.8, 4) is 0 Å². The van der Waals surface area contributed by atoms with Gasteiger partial charge in [0.1, 0.15) is 5.82 Å². The second kappa shape index (κ2) is 7.09. The summed E-state index contributed by atoms with van der Waals surface area (Å²) in [5.74, 6) is -0.252. The fourth-order valence-electron chi connectivity index (χ4n) is 0.846. The molecule has 0 fully saturated rings. The number of nitrogens with two attached hydrogens (primary N) is 2. The van der Waals surface area contributed by atoms with Gasteiger partial charge in [0.2, 0.25) is 0 Å². The molecular formula is C8H13Cl2FN2. The highest BCUT2D eigenvalue weighted by Crippen LogP contribution is 2.08. The van der Waals surface area contributed by atoms with Crippen LogP contribution in [0.25, 0.3) is 0 Å². The van der Waals surface area contributed by atoms with Crippen molar-refractivity contribution in [1.29, 1.82) is 0 Å². The van der Waals surface area contributed by atoms with E-state index in [-0.39, 0.29) is 36.7 Å². The largest absolute Gasteiger partial charge is 0.329 e. The Hall–Kier alpha value is -0.350. The van der Waals surface area contributed by atoms with Crippen LogP contribution in [0, 0.1) is 5.82 Å². The molecule has 1 rings (SSSR count). The van der Waals surface area contributed by atoms with Gasteiger partial charge in [-0.1, -0.05) is 12.1 Å². The SMILES string of the molecule is Cl.Cl.NC[C@@H](N)c1ccc(F)cc1. The molecule has 1 aromatic carbocycles. The first-order valence-electron chi connectivity index (χ1n) is 3.45. The zero-order chi connectivity index (χ0) is 8.27. The van der Waals surface area contributed by atoms with Crippen LogP contribution in [0.3, 0.4) is 0 Å². The van der Waals surface area contributed by atoms with E-state index in [1.54, 1.807) is 12.1 Å². The summed E-state index contributed by atoms with van der Waals surface area (Å²) >= 11 is 0. The van der Waals surface area contributed by atoms with Crippen LogP contribution in [0.2, 0.25) is 0 Å². The van der Waals surface area contributed by atoms with E-state index in [0.717, 1.165) is 5.56 Å². The normalized spacial score (nSPS) is 11.0. The van der Waals surface area contributed by atoms with Crippen molar-refractivity contribution in [3.63, 3.8) is 0 Å². The molecule has 0 radical (unpaired) electrons. The van der Waals surface area contributed by atoms with E-state index in [1.807, 2.05) is 0 Å². The van der Waals surface area contributed by atoms with Crippen molar-refractivity contribution in [2.45, 2.75) is 6.04 Å². The molecule has 76 valence electrons. The van der Waals surface area contributed by atoms with Crippen LogP contribution >= 0.6 is 24.8 Å². The van der Waals surface area contributed by atoms with Crippen molar-refractivity contribution < 1.29 is 4.39 Å². The van der Waals surface area contributed by atoms with Crippen LogP contribution in [-0.2, 0) is 0 Å². The Bertz CT molecular complexity index is 228. The Morgan fingerprint density at radius 2 is 1.62 bits per heavy atom. The molecule has 1 aromatic rings. The van der Waals surface area contributed by atoms with E-state index in [0.29, 0.717) is 6.54 Å². The maximum Gasteiger partial charge on any atom is 0.123 e. The highest BCUT2D eigenvalue weighted by Gasteiger charge is 2.01. The predicted octanol–water partition coefficient (Wildman–Crippen LogP) is 1.63. The molecule has 0 aliphatic heterocycles. The Morgan fingerprint density at radius 3 is 2.00 bits per heavy atom. The lowest BCUT2D eigenvalue weighted by Gasteiger charge is -2.07. The van der Waals surface area contributed by atoms with Crippen LogP contribution in [0.1, 0.15) is 11.6 Å². The van der Waals surface area contributed by atoms with E-state index in [4.69, 9.17) is 11.5 Å². The predicted molar refractivity (Wildman–Crippen MR) is 56.9 cm³/mol. The minimum absolute atomic E-state index is 0. The zero-order valence-corrected chi connectivity index (χ0v) is 8.58. The van der Waals surface area contributed by atoms with Gasteiger partial charge < -0.3 is 11.5 Å². The van der Waals surface area contributed by atoms with Gasteiger partial charge in [0.25, 0.3) is 0 Å². The second-order valence-electron chi connectivity index (χ2n) is 2.39. The molecule has 5 heteroatoms. The molecule has 0 aliphatic rings. The van der Waals surface area contributed by atoms with Crippen LogP contribution in [0.4, 0.5) is 4.39 Å². The van der Waals surface area contributed by atoms with Crippen LogP contribution in [0.5, 0.6) is 0 Å². The molecule has 0 aromatic heterocycles. The summed E-state index contributed by atoms with van der Waals surface area (Å²) in [5.41, 5.74) is 11.8. The Morgan fingerprint density at radius 1 is 1.15 bits per heavy atom. The average molecular weight is 227 g/mol. The first kappa shape index (κ1) is 15.1. The lowest BCUT2D eigenvalue weighted by molar-refractivity contribution is 0.625. The summed E-state index contributed by atoms with van der Waals surface area (Å²) in [4.78, 5) is 0. The lowest BCUT2D eigenvalue weighted by atomic mass is 10.1. The van der Waals surface area contributed by atoms with Crippen molar-refractivity contribution in [2.24, 2.45) is 11.5 Å². The molecule has 2 nitrogen and oxygen atoms in total. The van der Waals surface area contributed by atoms with Gasteiger partial charge in [0.15, 0.2) is 0 Å². The minimum atomic E-state index is -0.252. The van der Waals surface area contributed by atoms with E-state index >= 15 is 0 Å². The topological polar surface area (TPSA) is 52.0 Å². The summed E-state index contributed by atoms with van der Waals surface area (Å²) in [5, 5.41) is 0. The van der Waals surface area contributed by atoms with Crippen LogP contribution < -0.4 is 11.5 Å². The van der Waals surface area contributed by atoms with Crippen LogP contribution in [-0.4, -0.2) is 6.54 Å². The molecule has 0 amide bonds. The third-order valence-electron chi connectivity index (χ3n) is 1.55. The zero-order valence-electron chi connectivity index (χ0n) is 6.94. The van der Waals surface area contributed by atoms with Crippen molar-refractivity contribution in [1.82, 2.24) is 0 Å². The number of rotatable bonds is 2. The van der Waals surface area contributed by atoms with Gasteiger partial charge in [-0.15, -0.1) is 24.8 Å². The molecule has 0 saturated carbocycles. The van der Waals surface area contributed by atoms with Gasteiger partial charge in [-0.3, -0.25) is 0 Å². The minimum Gasteiger partial charge on any atom is -0.329 e. The number of hydrogen-bond donors (Lipinski definition) is 2. The standard InChI is InChI=1S/C8H11FN2.2ClH/c9-7-3-1-6(2-4-7)8(11)5-10;;/h1-4,8H,5,10-11H2;2*1H/t8-;;/m1../s1. The highest BCUT2D eigenvalue weighted by molar-refractivity contribution is 5.85. The lowest BCUT2D eigenvalue weighted by Crippen LogP contribution is -2.20. The van der Waals surface area contributed by atoms with E-state index in [2.05, 4.69) is 0 Å². The summed E-state index contributed by atoms with van der Waals surface area (Å²) in [6.45, 7) is 0.381. The second-order valence-corrected chi connectivity index (χ2v) is 2.39.